The molecule has 0 spiro atoms. The van der Waals surface area contributed by atoms with Gasteiger partial charge in [0.25, 0.3) is 0 Å². The minimum Gasteiger partial charge on any atom is -0.408 e. The van der Waals surface area contributed by atoms with Gasteiger partial charge in [0, 0.05) is 6.61 Å². The molecule has 1 aliphatic heterocycles. The van der Waals surface area contributed by atoms with Crippen molar-refractivity contribution >= 4 is 8.32 Å². The van der Waals surface area contributed by atoms with Crippen LogP contribution < -0.4 is 0 Å². The molecule has 0 aromatic heterocycles. The van der Waals surface area contributed by atoms with Gasteiger partial charge in [0.15, 0.2) is 0 Å². The summed E-state index contributed by atoms with van der Waals surface area (Å²) in [5, 5.41) is 0. The molecular weight excluding hydrogens is 185 g/mol. The van der Waals surface area contributed by atoms with Crippen LogP contribution >= 0.6 is 0 Å². The largest absolute Gasteiger partial charge is 0.408 e. The fraction of sp³-hybridized carbons (Fsp3) is 1.00. The lowest BCUT2D eigenvalue weighted by atomic mass is 10.4. The molecule has 1 saturated heterocycles. The molecular formula is C7H13F3OSi. The van der Waals surface area contributed by atoms with Crippen LogP contribution in [0.4, 0.5) is 13.2 Å². The minimum absolute atomic E-state index is 0.163. The van der Waals surface area contributed by atoms with Crippen molar-refractivity contribution in [1.82, 2.24) is 0 Å². The van der Waals surface area contributed by atoms with Gasteiger partial charge in [0.05, 0.1) is 0 Å². The molecule has 1 heterocycles. The van der Waals surface area contributed by atoms with Crippen LogP contribution in [0.5, 0.6) is 0 Å². The van der Waals surface area contributed by atoms with Crippen LogP contribution in [0.25, 0.3) is 0 Å². The fourth-order valence-corrected chi connectivity index (χ4v) is 4.46. The van der Waals surface area contributed by atoms with E-state index in [1.54, 1.807) is 6.92 Å². The molecule has 0 saturated carbocycles. The van der Waals surface area contributed by atoms with Gasteiger partial charge in [0.2, 0.25) is 0 Å². The third-order valence-electron chi connectivity index (χ3n) is 2.44. The van der Waals surface area contributed by atoms with Gasteiger partial charge >= 0.3 is 14.1 Å². The summed E-state index contributed by atoms with van der Waals surface area (Å²) in [5.41, 5.74) is 0. The minimum atomic E-state index is -4.07. The molecule has 0 amide bonds. The van der Waals surface area contributed by atoms with E-state index in [4.69, 9.17) is 4.43 Å². The van der Waals surface area contributed by atoms with Gasteiger partial charge in [-0.15, -0.1) is 0 Å². The maximum atomic E-state index is 12.5. The highest BCUT2D eigenvalue weighted by Crippen LogP contribution is 2.39. The fourth-order valence-electron chi connectivity index (χ4n) is 1.56. The Balaban J connectivity index is 2.73. The number of halogens is 3. The van der Waals surface area contributed by atoms with Crippen LogP contribution in [-0.4, -0.2) is 20.7 Å². The maximum Gasteiger partial charge on any atom is 0.388 e. The molecule has 12 heavy (non-hydrogen) atoms. The average molecular weight is 198 g/mol. The zero-order chi connectivity index (χ0) is 9.24. The molecule has 1 rings (SSSR count). The van der Waals surface area contributed by atoms with Gasteiger partial charge in [-0.3, -0.25) is 0 Å². The van der Waals surface area contributed by atoms with E-state index in [0.29, 0.717) is 13.0 Å². The highest BCUT2D eigenvalue weighted by Gasteiger charge is 2.58. The Morgan fingerprint density at radius 1 is 1.33 bits per heavy atom. The first kappa shape index (κ1) is 10.1. The Hall–Kier alpha value is -0.0331. The molecule has 0 aliphatic carbocycles. The third kappa shape index (κ3) is 1.66. The van der Waals surface area contributed by atoms with Crippen LogP contribution in [0, 0.1) is 0 Å². The van der Waals surface area contributed by atoms with Crippen LogP contribution in [0.1, 0.15) is 19.8 Å². The summed E-state index contributed by atoms with van der Waals surface area (Å²) < 4.78 is 42.6. The van der Waals surface area contributed by atoms with Crippen molar-refractivity contribution in [2.24, 2.45) is 0 Å². The lowest BCUT2D eigenvalue weighted by Gasteiger charge is -2.35. The highest BCUT2D eigenvalue weighted by molar-refractivity contribution is 6.75. The van der Waals surface area contributed by atoms with Gasteiger partial charge in [-0.2, -0.15) is 13.2 Å². The van der Waals surface area contributed by atoms with E-state index in [2.05, 4.69) is 0 Å². The van der Waals surface area contributed by atoms with Gasteiger partial charge in [-0.05, 0) is 18.5 Å². The Kier molecular flexibility index (Phi) is 2.83. The van der Waals surface area contributed by atoms with Gasteiger partial charge in [-0.1, -0.05) is 13.3 Å². The smallest absolute Gasteiger partial charge is 0.388 e. The van der Waals surface area contributed by atoms with E-state index < -0.39 is 14.1 Å². The summed E-state index contributed by atoms with van der Waals surface area (Å²) in [7, 11) is -3.36. The van der Waals surface area contributed by atoms with Gasteiger partial charge in [0.1, 0.15) is 0 Å². The summed E-state index contributed by atoms with van der Waals surface area (Å²) in [4.78, 5) is 0. The lowest BCUT2D eigenvalue weighted by molar-refractivity contribution is -0.0776. The van der Waals surface area contributed by atoms with Crippen molar-refractivity contribution in [3.63, 3.8) is 0 Å². The van der Waals surface area contributed by atoms with Crippen molar-refractivity contribution in [2.75, 3.05) is 6.61 Å². The van der Waals surface area contributed by atoms with Gasteiger partial charge < -0.3 is 4.43 Å². The predicted molar refractivity (Wildman–Crippen MR) is 42.3 cm³/mol. The maximum absolute atomic E-state index is 12.5. The molecule has 1 nitrogen and oxygen atoms in total. The Labute approximate surface area is 71.0 Å². The monoisotopic (exact) mass is 198 g/mol. The molecule has 0 N–H and O–H groups in total. The summed E-state index contributed by atoms with van der Waals surface area (Å²) in [6.07, 6.45) is 1.46. The standard InChI is InChI=1S/C7H13F3OSi/c1-2-12(7(8,9)10)6-4-3-5-11-12/h2-6H2,1H3. The first-order valence-corrected chi connectivity index (χ1v) is 6.55. The lowest BCUT2D eigenvalue weighted by Crippen LogP contribution is -2.54. The summed E-state index contributed by atoms with van der Waals surface area (Å²) >= 11 is 0. The molecule has 0 aromatic rings. The topological polar surface area (TPSA) is 9.23 Å². The second kappa shape index (κ2) is 3.37. The van der Waals surface area contributed by atoms with E-state index in [1.165, 1.54) is 0 Å². The van der Waals surface area contributed by atoms with Crippen molar-refractivity contribution < 1.29 is 17.6 Å². The number of alkyl halides is 3. The molecule has 1 fully saturated rings. The second-order valence-electron chi connectivity index (χ2n) is 3.15. The van der Waals surface area contributed by atoms with Crippen molar-refractivity contribution in [3.05, 3.63) is 0 Å². The molecule has 0 bridgehead atoms. The zero-order valence-electron chi connectivity index (χ0n) is 7.08. The Bertz CT molecular complexity index is 151. The summed E-state index contributed by atoms with van der Waals surface area (Å²) in [5.74, 6) is -4.07. The molecule has 1 atom stereocenters. The molecule has 0 radical (unpaired) electrons. The highest BCUT2D eigenvalue weighted by atomic mass is 28.4. The Morgan fingerprint density at radius 3 is 2.25 bits per heavy atom. The Morgan fingerprint density at radius 2 is 2.00 bits per heavy atom. The quantitative estimate of drug-likeness (QED) is 0.589. The second-order valence-corrected chi connectivity index (χ2v) is 7.20. The van der Waals surface area contributed by atoms with Gasteiger partial charge in [-0.25, -0.2) is 0 Å². The molecule has 72 valence electrons. The first-order valence-electron chi connectivity index (χ1n) is 4.22. The van der Waals surface area contributed by atoms with Crippen LogP contribution in [0.3, 0.4) is 0 Å². The normalized spacial score (nSPS) is 32.0. The van der Waals surface area contributed by atoms with E-state index in [9.17, 15) is 13.2 Å². The number of hydrogen-bond donors (Lipinski definition) is 0. The summed E-state index contributed by atoms with van der Waals surface area (Å²) in [6, 6.07) is 0.420. The van der Waals surface area contributed by atoms with Crippen molar-refractivity contribution in [1.29, 1.82) is 0 Å². The van der Waals surface area contributed by atoms with E-state index in [1.807, 2.05) is 0 Å². The first-order chi connectivity index (χ1) is 5.52. The van der Waals surface area contributed by atoms with E-state index >= 15 is 0 Å². The molecule has 5 heteroatoms. The third-order valence-corrected chi connectivity index (χ3v) is 6.53. The number of rotatable bonds is 1. The van der Waals surface area contributed by atoms with Crippen LogP contribution in [0.15, 0.2) is 0 Å². The summed E-state index contributed by atoms with van der Waals surface area (Å²) in [6.45, 7) is 1.89. The molecule has 0 aromatic carbocycles. The van der Waals surface area contributed by atoms with Crippen molar-refractivity contribution in [3.8, 4) is 0 Å². The number of hydrogen-bond acceptors (Lipinski definition) is 1. The van der Waals surface area contributed by atoms with Crippen LogP contribution in [-0.2, 0) is 4.43 Å². The molecule has 1 aliphatic rings. The van der Waals surface area contributed by atoms with Crippen molar-refractivity contribution in [2.45, 2.75) is 37.7 Å². The average Bonchev–Trinajstić information content (AvgIpc) is 2.04. The SMILES string of the molecule is CC[Si]1(C(F)(F)F)CCCCO1. The molecule has 1 unspecified atom stereocenters. The van der Waals surface area contributed by atoms with E-state index in [0.717, 1.165) is 6.42 Å². The zero-order valence-corrected chi connectivity index (χ0v) is 8.08. The van der Waals surface area contributed by atoms with E-state index in [-0.39, 0.29) is 12.1 Å². The van der Waals surface area contributed by atoms with Crippen LogP contribution in [0.2, 0.25) is 12.1 Å². The predicted octanol–water partition coefficient (Wildman–Crippen LogP) is 2.86.